The molecule has 1 heterocycles. The van der Waals surface area contributed by atoms with Gasteiger partial charge in [0.2, 0.25) is 0 Å². The first-order valence-electron chi connectivity index (χ1n) is 10.6. The number of rotatable bonds is 8. The van der Waals surface area contributed by atoms with E-state index in [1.807, 2.05) is 48.5 Å². The summed E-state index contributed by atoms with van der Waals surface area (Å²) in [6, 6.07) is 27.6. The quantitative estimate of drug-likeness (QED) is 0.200. The van der Waals surface area contributed by atoms with Crippen molar-refractivity contribution >= 4 is 31.9 Å². The first kappa shape index (κ1) is 23.7. The van der Waals surface area contributed by atoms with Crippen LogP contribution in [0.5, 0.6) is 0 Å². The molecule has 33 heavy (non-hydrogen) atoms. The number of halogens is 4. The summed E-state index contributed by atoms with van der Waals surface area (Å²) in [5, 5.41) is 0. The maximum Gasteiger partial charge on any atom is 0.126 e. The van der Waals surface area contributed by atoms with Gasteiger partial charge in [-0.15, -0.1) is 0 Å². The maximum absolute atomic E-state index is 14.0. The fourth-order valence-corrected chi connectivity index (χ4v) is 4.74. The molecule has 3 aromatic carbocycles. The largest absolute Gasteiger partial charge is 0.286 e. The standard InChI is InChI=1S/C27H22Br2F2N2/c28-24-11-12-26(29)32-27(24)25(15-21-13-22(30)16-23(31)14-21)33(17-19-7-3-1-4-8-19)18-20-9-5-2-6-10-20/h1-14,16,25H,15,17-18H2. The van der Waals surface area contributed by atoms with Gasteiger partial charge in [0.05, 0.1) is 11.7 Å². The molecule has 0 radical (unpaired) electrons. The van der Waals surface area contributed by atoms with E-state index < -0.39 is 11.6 Å². The van der Waals surface area contributed by atoms with Gasteiger partial charge in [-0.1, -0.05) is 60.7 Å². The van der Waals surface area contributed by atoms with E-state index in [-0.39, 0.29) is 6.04 Å². The monoisotopic (exact) mass is 570 g/mol. The molecule has 0 spiro atoms. The third kappa shape index (κ3) is 6.56. The molecular formula is C27H22Br2F2N2. The zero-order valence-electron chi connectivity index (χ0n) is 17.8. The van der Waals surface area contributed by atoms with Crippen LogP contribution in [0.3, 0.4) is 0 Å². The van der Waals surface area contributed by atoms with E-state index in [0.29, 0.717) is 29.7 Å². The van der Waals surface area contributed by atoms with Crippen molar-refractivity contribution in [3.63, 3.8) is 0 Å². The molecule has 0 saturated heterocycles. The van der Waals surface area contributed by atoms with Crippen LogP contribution in [0.1, 0.15) is 28.4 Å². The molecule has 4 aromatic rings. The van der Waals surface area contributed by atoms with Crippen LogP contribution in [0.4, 0.5) is 8.78 Å². The first-order chi connectivity index (χ1) is 16.0. The van der Waals surface area contributed by atoms with Crippen LogP contribution in [0.15, 0.2) is 100 Å². The van der Waals surface area contributed by atoms with E-state index in [2.05, 4.69) is 61.0 Å². The van der Waals surface area contributed by atoms with Crippen molar-refractivity contribution in [3.8, 4) is 0 Å². The van der Waals surface area contributed by atoms with Crippen LogP contribution in [0.25, 0.3) is 0 Å². The topological polar surface area (TPSA) is 16.1 Å². The Morgan fingerprint density at radius 3 is 1.79 bits per heavy atom. The number of hydrogen-bond donors (Lipinski definition) is 0. The summed E-state index contributed by atoms with van der Waals surface area (Å²) < 4.78 is 29.6. The van der Waals surface area contributed by atoms with Crippen LogP contribution >= 0.6 is 31.9 Å². The SMILES string of the molecule is Fc1cc(F)cc(CC(c2nc(Br)ccc2Br)N(Cc2ccccc2)Cc2ccccc2)c1. The number of pyridine rings is 1. The van der Waals surface area contributed by atoms with Gasteiger partial charge in [-0.25, -0.2) is 13.8 Å². The molecule has 6 heteroatoms. The highest BCUT2D eigenvalue weighted by Gasteiger charge is 2.26. The van der Waals surface area contributed by atoms with Crippen molar-refractivity contribution in [2.24, 2.45) is 0 Å². The predicted octanol–water partition coefficient (Wildman–Crippen LogP) is 7.87. The van der Waals surface area contributed by atoms with Crippen molar-refractivity contribution in [1.29, 1.82) is 0 Å². The average Bonchev–Trinajstić information content (AvgIpc) is 2.80. The number of aromatic nitrogens is 1. The van der Waals surface area contributed by atoms with Crippen molar-refractivity contribution in [2.75, 3.05) is 0 Å². The summed E-state index contributed by atoms with van der Waals surface area (Å²) >= 11 is 7.14. The molecule has 0 N–H and O–H groups in total. The highest BCUT2D eigenvalue weighted by atomic mass is 79.9. The molecular weight excluding hydrogens is 550 g/mol. The molecule has 1 aromatic heterocycles. The Morgan fingerprint density at radius 1 is 0.697 bits per heavy atom. The van der Waals surface area contributed by atoms with Gasteiger partial charge >= 0.3 is 0 Å². The molecule has 0 aliphatic heterocycles. The van der Waals surface area contributed by atoms with E-state index >= 15 is 0 Å². The fraction of sp³-hybridized carbons (Fsp3) is 0.148. The molecule has 0 amide bonds. The van der Waals surface area contributed by atoms with E-state index in [1.54, 1.807) is 0 Å². The van der Waals surface area contributed by atoms with E-state index in [4.69, 9.17) is 4.98 Å². The molecule has 0 aliphatic carbocycles. The van der Waals surface area contributed by atoms with Crippen LogP contribution in [-0.4, -0.2) is 9.88 Å². The van der Waals surface area contributed by atoms with Gasteiger partial charge in [0.25, 0.3) is 0 Å². The minimum absolute atomic E-state index is 0.238. The summed E-state index contributed by atoms with van der Waals surface area (Å²) in [4.78, 5) is 7.06. The lowest BCUT2D eigenvalue weighted by Gasteiger charge is -2.32. The van der Waals surface area contributed by atoms with Crippen molar-refractivity contribution < 1.29 is 8.78 Å². The molecule has 168 valence electrons. The molecule has 0 aliphatic rings. The van der Waals surface area contributed by atoms with E-state index in [9.17, 15) is 8.78 Å². The lowest BCUT2D eigenvalue weighted by Crippen LogP contribution is -2.30. The molecule has 0 saturated carbocycles. The lowest BCUT2D eigenvalue weighted by molar-refractivity contribution is 0.172. The molecule has 0 bridgehead atoms. The normalized spacial score (nSPS) is 12.2. The van der Waals surface area contributed by atoms with Gasteiger partial charge < -0.3 is 0 Å². The molecule has 4 rings (SSSR count). The maximum atomic E-state index is 14.0. The van der Waals surface area contributed by atoms with E-state index in [0.717, 1.165) is 27.4 Å². The van der Waals surface area contributed by atoms with Crippen molar-refractivity contribution in [2.45, 2.75) is 25.6 Å². The predicted molar refractivity (Wildman–Crippen MR) is 135 cm³/mol. The van der Waals surface area contributed by atoms with Crippen LogP contribution < -0.4 is 0 Å². The average molecular weight is 572 g/mol. The Labute approximate surface area is 209 Å². The molecule has 1 unspecified atom stereocenters. The summed E-state index contributed by atoms with van der Waals surface area (Å²) in [6.45, 7) is 1.30. The highest BCUT2D eigenvalue weighted by Crippen LogP contribution is 2.33. The van der Waals surface area contributed by atoms with Crippen LogP contribution in [-0.2, 0) is 19.5 Å². The number of hydrogen-bond acceptors (Lipinski definition) is 2. The Bertz CT molecular complexity index is 1140. The van der Waals surface area contributed by atoms with Gasteiger partial charge in [0.1, 0.15) is 16.2 Å². The Kier molecular flexibility index (Phi) is 8.02. The molecule has 1 atom stereocenters. The number of nitrogens with zero attached hydrogens (tertiary/aromatic N) is 2. The second-order valence-electron chi connectivity index (χ2n) is 7.87. The summed E-state index contributed by atoms with van der Waals surface area (Å²) in [7, 11) is 0. The van der Waals surface area contributed by atoms with Gasteiger partial charge in [0, 0.05) is 23.6 Å². The smallest absolute Gasteiger partial charge is 0.126 e. The lowest BCUT2D eigenvalue weighted by atomic mass is 9.99. The third-order valence-electron chi connectivity index (χ3n) is 5.40. The van der Waals surface area contributed by atoms with Gasteiger partial charge in [-0.3, -0.25) is 4.90 Å². The van der Waals surface area contributed by atoms with Crippen LogP contribution in [0.2, 0.25) is 0 Å². The van der Waals surface area contributed by atoms with E-state index in [1.165, 1.54) is 12.1 Å². The zero-order valence-corrected chi connectivity index (χ0v) is 20.9. The van der Waals surface area contributed by atoms with Gasteiger partial charge in [-0.2, -0.15) is 0 Å². The molecule has 2 nitrogen and oxygen atoms in total. The Hall–Kier alpha value is -2.41. The van der Waals surface area contributed by atoms with Gasteiger partial charge in [-0.05, 0) is 79.2 Å². The first-order valence-corrected chi connectivity index (χ1v) is 12.2. The molecule has 0 fully saturated rings. The van der Waals surface area contributed by atoms with Crippen molar-refractivity contribution in [3.05, 3.63) is 134 Å². The summed E-state index contributed by atoms with van der Waals surface area (Å²) in [5.74, 6) is -1.16. The highest BCUT2D eigenvalue weighted by molar-refractivity contribution is 9.11. The second-order valence-corrected chi connectivity index (χ2v) is 9.54. The minimum Gasteiger partial charge on any atom is -0.286 e. The fourth-order valence-electron chi connectivity index (χ4n) is 3.93. The Balaban J connectivity index is 1.79. The zero-order chi connectivity index (χ0) is 23.2. The number of benzene rings is 3. The summed E-state index contributed by atoms with van der Waals surface area (Å²) in [6.07, 6.45) is 0.399. The van der Waals surface area contributed by atoms with Gasteiger partial charge in [0.15, 0.2) is 0 Å². The van der Waals surface area contributed by atoms with Crippen molar-refractivity contribution in [1.82, 2.24) is 9.88 Å². The van der Waals surface area contributed by atoms with Crippen LogP contribution in [0, 0.1) is 11.6 Å². The third-order valence-corrected chi connectivity index (χ3v) is 6.52. The second kappa shape index (κ2) is 11.1. The Morgan fingerprint density at radius 2 is 1.24 bits per heavy atom. The minimum atomic E-state index is -0.581. The summed E-state index contributed by atoms with van der Waals surface area (Å²) in [5.41, 5.74) is 3.68.